The van der Waals surface area contributed by atoms with Crippen molar-refractivity contribution in [2.45, 2.75) is 44.4 Å². The minimum absolute atomic E-state index is 0.0771. The minimum Gasteiger partial charge on any atom is -0.310 e. The molecule has 1 aromatic carbocycles. The van der Waals surface area contributed by atoms with Crippen LogP contribution in [0.2, 0.25) is 0 Å². The average Bonchev–Trinajstić information content (AvgIpc) is 2.92. The number of aromatic amines is 1. The van der Waals surface area contributed by atoms with E-state index in [1.165, 1.54) is 11.3 Å². The van der Waals surface area contributed by atoms with Gasteiger partial charge in [0.2, 0.25) is 5.92 Å². The van der Waals surface area contributed by atoms with Crippen molar-refractivity contribution in [3.05, 3.63) is 52.1 Å². The summed E-state index contributed by atoms with van der Waals surface area (Å²) in [5, 5.41) is 0.565. The standard InChI is InChI=1S/C19H18F2N2OS/c1-11-14-17(24)22-16(13-8-5-9-19(20,21)10-13)23-18(14)25-15(11)12-6-3-2-4-7-12/h2-4,6-7,13H,5,8-10H2,1H3,(H,22,23,24). The van der Waals surface area contributed by atoms with Crippen molar-refractivity contribution in [1.82, 2.24) is 9.97 Å². The molecule has 1 unspecified atom stereocenters. The van der Waals surface area contributed by atoms with Crippen LogP contribution in [0.5, 0.6) is 0 Å². The van der Waals surface area contributed by atoms with Crippen molar-refractivity contribution in [3.8, 4) is 10.4 Å². The molecular weight excluding hydrogens is 342 g/mol. The van der Waals surface area contributed by atoms with E-state index in [-0.39, 0.29) is 24.3 Å². The summed E-state index contributed by atoms with van der Waals surface area (Å²) in [4.78, 5) is 21.6. The molecule has 0 amide bonds. The van der Waals surface area contributed by atoms with Crippen LogP contribution >= 0.6 is 11.3 Å². The van der Waals surface area contributed by atoms with Gasteiger partial charge < -0.3 is 4.98 Å². The molecule has 2 heterocycles. The first-order chi connectivity index (χ1) is 11.9. The number of benzene rings is 1. The highest BCUT2D eigenvalue weighted by Gasteiger charge is 2.38. The topological polar surface area (TPSA) is 45.8 Å². The van der Waals surface area contributed by atoms with Crippen molar-refractivity contribution in [3.63, 3.8) is 0 Å². The fourth-order valence-corrected chi connectivity index (χ4v) is 4.82. The SMILES string of the molecule is Cc1c(-c2ccccc2)sc2nc(C3CCCC(F)(F)C3)[nH]c(=O)c12. The minimum atomic E-state index is -2.67. The Kier molecular flexibility index (Phi) is 3.95. The number of fused-ring (bicyclic) bond motifs is 1. The maximum Gasteiger partial charge on any atom is 0.259 e. The molecule has 0 radical (unpaired) electrons. The Labute approximate surface area is 147 Å². The molecule has 1 aliphatic carbocycles. The summed E-state index contributed by atoms with van der Waals surface area (Å²) in [6, 6.07) is 9.83. The lowest BCUT2D eigenvalue weighted by Gasteiger charge is -2.28. The quantitative estimate of drug-likeness (QED) is 0.678. The number of nitrogens with zero attached hydrogens (tertiary/aromatic N) is 1. The zero-order valence-corrected chi connectivity index (χ0v) is 14.6. The Morgan fingerprint density at radius 2 is 2.04 bits per heavy atom. The van der Waals surface area contributed by atoms with Gasteiger partial charge in [0.15, 0.2) is 0 Å². The second-order valence-electron chi connectivity index (χ2n) is 6.70. The first-order valence-corrected chi connectivity index (χ1v) is 9.23. The maximum atomic E-state index is 13.7. The zero-order chi connectivity index (χ0) is 17.6. The number of rotatable bonds is 2. The number of alkyl halides is 2. The van der Waals surface area contributed by atoms with E-state index in [1.807, 2.05) is 37.3 Å². The summed E-state index contributed by atoms with van der Waals surface area (Å²) < 4.78 is 27.5. The molecule has 0 spiro atoms. The number of hydrogen-bond acceptors (Lipinski definition) is 3. The second kappa shape index (κ2) is 6.02. The third kappa shape index (κ3) is 2.99. The third-order valence-electron chi connectivity index (χ3n) is 4.88. The lowest BCUT2D eigenvalue weighted by Crippen LogP contribution is -2.27. The van der Waals surface area contributed by atoms with Gasteiger partial charge in [-0.15, -0.1) is 11.3 Å². The highest BCUT2D eigenvalue weighted by Crippen LogP contribution is 2.41. The van der Waals surface area contributed by atoms with Crippen LogP contribution in [0.4, 0.5) is 8.78 Å². The molecule has 3 aromatic rings. The molecule has 1 atom stereocenters. The van der Waals surface area contributed by atoms with E-state index in [4.69, 9.17) is 0 Å². The summed E-state index contributed by atoms with van der Waals surface area (Å²) in [5.41, 5.74) is 1.69. The normalized spacial score (nSPS) is 20.0. The molecule has 130 valence electrons. The molecule has 3 nitrogen and oxygen atoms in total. The monoisotopic (exact) mass is 360 g/mol. The molecule has 0 saturated heterocycles. The molecule has 1 fully saturated rings. The molecule has 1 saturated carbocycles. The van der Waals surface area contributed by atoms with Crippen LogP contribution in [0.3, 0.4) is 0 Å². The lowest BCUT2D eigenvalue weighted by atomic mass is 9.86. The smallest absolute Gasteiger partial charge is 0.259 e. The van der Waals surface area contributed by atoms with Gasteiger partial charge in [0.25, 0.3) is 5.56 Å². The Bertz CT molecular complexity index is 978. The number of H-pyrrole nitrogens is 1. The first kappa shape index (κ1) is 16.4. The van der Waals surface area contributed by atoms with Crippen LogP contribution in [0.25, 0.3) is 20.7 Å². The van der Waals surface area contributed by atoms with Crippen LogP contribution in [0, 0.1) is 6.92 Å². The van der Waals surface area contributed by atoms with Gasteiger partial charge in [0, 0.05) is 23.6 Å². The molecule has 25 heavy (non-hydrogen) atoms. The van der Waals surface area contributed by atoms with Gasteiger partial charge in [0.05, 0.1) is 5.39 Å². The van der Waals surface area contributed by atoms with E-state index in [9.17, 15) is 13.6 Å². The van der Waals surface area contributed by atoms with Crippen LogP contribution in [0.1, 0.15) is 43.0 Å². The van der Waals surface area contributed by atoms with E-state index in [0.29, 0.717) is 28.9 Å². The van der Waals surface area contributed by atoms with Crippen LogP contribution in [-0.4, -0.2) is 15.9 Å². The van der Waals surface area contributed by atoms with Crippen molar-refractivity contribution >= 4 is 21.6 Å². The van der Waals surface area contributed by atoms with Gasteiger partial charge in [-0.1, -0.05) is 30.3 Å². The van der Waals surface area contributed by atoms with E-state index in [2.05, 4.69) is 9.97 Å². The molecule has 2 aromatic heterocycles. The van der Waals surface area contributed by atoms with Crippen LogP contribution in [0.15, 0.2) is 35.1 Å². The van der Waals surface area contributed by atoms with Crippen molar-refractivity contribution in [2.75, 3.05) is 0 Å². The zero-order valence-electron chi connectivity index (χ0n) is 13.8. The van der Waals surface area contributed by atoms with Crippen LogP contribution < -0.4 is 5.56 Å². The summed E-state index contributed by atoms with van der Waals surface area (Å²) in [5.74, 6) is -2.65. The summed E-state index contributed by atoms with van der Waals surface area (Å²) in [6.45, 7) is 1.91. The Morgan fingerprint density at radius 1 is 1.28 bits per heavy atom. The van der Waals surface area contributed by atoms with E-state index >= 15 is 0 Å². The molecular formula is C19H18F2N2OS. The molecule has 1 aliphatic rings. The van der Waals surface area contributed by atoms with Gasteiger partial charge in [0.1, 0.15) is 10.7 Å². The number of nitrogens with one attached hydrogen (secondary N) is 1. The number of halogens is 2. The number of hydrogen-bond donors (Lipinski definition) is 1. The van der Waals surface area contributed by atoms with Crippen molar-refractivity contribution in [1.29, 1.82) is 0 Å². The number of aromatic nitrogens is 2. The third-order valence-corrected chi connectivity index (χ3v) is 6.12. The number of aryl methyl sites for hydroxylation is 1. The largest absolute Gasteiger partial charge is 0.310 e. The van der Waals surface area contributed by atoms with Gasteiger partial charge >= 0.3 is 0 Å². The van der Waals surface area contributed by atoms with Gasteiger partial charge in [-0.3, -0.25) is 4.79 Å². The highest BCUT2D eigenvalue weighted by molar-refractivity contribution is 7.22. The Hall–Kier alpha value is -2.08. The first-order valence-electron chi connectivity index (χ1n) is 8.41. The summed E-state index contributed by atoms with van der Waals surface area (Å²) in [6.07, 6.45) is 0.779. The summed E-state index contributed by atoms with van der Waals surface area (Å²) in [7, 11) is 0. The molecule has 4 rings (SSSR count). The van der Waals surface area contributed by atoms with Gasteiger partial charge in [-0.25, -0.2) is 13.8 Å². The van der Waals surface area contributed by atoms with Gasteiger partial charge in [-0.05, 0) is 30.9 Å². The highest BCUT2D eigenvalue weighted by atomic mass is 32.1. The van der Waals surface area contributed by atoms with Crippen LogP contribution in [-0.2, 0) is 0 Å². The van der Waals surface area contributed by atoms with E-state index in [1.54, 1.807) is 0 Å². The fourth-order valence-electron chi connectivity index (χ4n) is 3.62. The second-order valence-corrected chi connectivity index (χ2v) is 7.70. The maximum absolute atomic E-state index is 13.7. The predicted molar refractivity (Wildman–Crippen MR) is 96.6 cm³/mol. The van der Waals surface area contributed by atoms with E-state index < -0.39 is 5.92 Å². The van der Waals surface area contributed by atoms with Crippen molar-refractivity contribution in [2.24, 2.45) is 0 Å². The van der Waals surface area contributed by atoms with Gasteiger partial charge in [-0.2, -0.15) is 0 Å². The predicted octanol–water partition coefficient (Wildman–Crippen LogP) is 5.25. The van der Waals surface area contributed by atoms with Crippen molar-refractivity contribution < 1.29 is 8.78 Å². The van der Waals surface area contributed by atoms with E-state index in [0.717, 1.165) is 16.0 Å². The Balaban J connectivity index is 1.82. The average molecular weight is 360 g/mol. The lowest BCUT2D eigenvalue weighted by molar-refractivity contribution is -0.0417. The molecule has 6 heteroatoms. The molecule has 0 aliphatic heterocycles. The number of thiophene rings is 1. The summed E-state index contributed by atoms with van der Waals surface area (Å²) >= 11 is 1.45. The fraction of sp³-hybridized carbons (Fsp3) is 0.368. The molecule has 0 bridgehead atoms. The molecule has 1 N–H and O–H groups in total. The Morgan fingerprint density at radius 3 is 2.76 bits per heavy atom.